The molecule has 2 aromatic carbocycles. The summed E-state index contributed by atoms with van der Waals surface area (Å²) in [5, 5.41) is 0.488. The first-order valence-electron chi connectivity index (χ1n) is 12.0. The van der Waals surface area contributed by atoms with Crippen LogP contribution in [0.1, 0.15) is 49.2 Å². The van der Waals surface area contributed by atoms with Gasteiger partial charge in [0.15, 0.2) is 15.6 Å². The van der Waals surface area contributed by atoms with Gasteiger partial charge in [-0.1, -0.05) is 42.3 Å². The Bertz CT molecular complexity index is 1610. The predicted molar refractivity (Wildman–Crippen MR) is 155 cm³/mol. The highest BCUT2D eigenvalue weighted by atomic mass is 35.5. The average molecular weight is 594 g/mol. The van der Waals surface area contributed by atoms with Crippen molar-refractivity contribution in [1.82, 2.24) is 4.57 Å². The van der Waals surface area contributed by atoms with E-state index < -0.39 is 32.9 Å². The molecule has 0 aliphatic rings. The Hall–Kier alpha value is -3.14. The minimum atomic E-state index is -3.41. The molecule has 3 aromatic rings. The van der Waals surface area contributed by atoms with Crippen molar-refractivity contribution >= 4 is 50.6 Å². The molecule has 208 valence electrons. The molecule has 8 nitrogen and oxygen atoms in total. The zero-order valence-electron chi connectivity index (χ0n) is 22.5. The molecule has 0 aliphatic heterocycles. The number of anilines is 1. The molecule has 0 unspecified atom stereocenters. The quantitative estimate of drug-likeness (QED) is 0.317. The normalized spacial score (nSPS) is 11.8. The van der Waals surface area contributed by atoms with E-state index >= 15 is 0 Å². The van der Waals surface area contributed by atoms with E-state index in [9.17, 15) is 22.8 Å². The van der Waals surface area contributed by atoms with Crippen molar-refractivity contribution in [2.24, 2.45) is 7.05 Å². The van der Waals surface area contributed by atoms with Crippen molar-refractivity contribution in [2.75, 3.05) is 17.7 Å². The Morgan fingerprint density at radius 2 is 1.67 bits per heavy atom. The fraction of sp³-hybridized carbons (Fsp3) is 0.321. The summed E-state index contributed by atoms with van der Waals surface area (Å²) >= 11 is 12.5. The Morgan fingerprint density at radius 3 is 2.28 bits per heavy atom. The first kappa shape index (κ1) is 30.4. The van der Waals surface area contributed by atoms with Crippen LogP contribution >= 0.6 is 23.2 Å². The molecular formula is C28H30Cl2N2O6S. The van der Waals surface area contributed by atoms with Gasteiger partial charge in [0.2, 0.25) is 0 Å². The lowest BCUT2D eigenvalue weighted by atomic mass is 9.92. The topological polar surface area (TPSA) is 103 Å². The number of hydrogen-bond donors (Lipinski definition) is 0. The molecule has 0 saturated carbocycles. The first-order valence-corrected chi connectivity index (χ1v) is 14.6. The smallest absolute Gasteiger partial charge is 0.414 e. The summed E-state index contributed by atoms with van der Waals surface area (Å²) in [6.45, 7) is 6.70. The van der Waals surface area contributed by atoms with E-state index in [0.29, 0.717) is 21.7 Å². The number of hydrogen-bond acceptors (Lipinski definition) is 6. The molecule has 0 saturated heterocycles. The number of halogens is 2. The molecule has 3 rings (SSSR count). The molecule has 0 radical (unpaired) electrons. The Morgan fingerprint density at radius 1 is 1.00 bits per heavy atom. The van der Waals surface area contributed by atoms with Gasteiger partial charge in [-0.25, -0.2) is 13.2 Å². The van der Waals surface area contributed by atoms with Crippen molar-refractivity contribution in [3.05, 3.63) is 85.8 Å². The van der Waals surface area contributed by atoms with Crippen LogP contribution in [0, 0.1) is 0 Å². The number of sulfone groups is 1. The number of aryl methyl sites for hydroxylation is 1. The lowest BCUT2D eigenvalue weighted by Gasteiger charge is -2.26. The largest absolute Gasteiger partial charge is 0.443 e. The summed E-state index contributed by atoms with van der Waals surface area (Å²) in [7, 11) is -0.424. The number of pyridine rings is 1. The number of carbonyl (C=O) groups excluding carboxylic acids is 2. The maximum Gasteiger partial charge on any atom is 0.414 e. The SMILES string of the molecule is CCS(=O)(=O)Cc1ccc(C(=O)c2cc(Cl)ccc2Cl)c(-c2cn(C)c(=O)cc2N(C)C(=O)OC(C)(C)C)c1. The molecule has 0 aliphatic carbocycles. The van der Waals surface area contributed by atoms with E-state index in [1.54, 1.807) is 45.9 Å². The molecule has 11 heteroatoms. The van der Waals surface area contributed by atoms with Crippen LogP contribution in [0.15, 0.2) is 53.5 Å². The maximum atomic E-state index is 13.8. The van der Waals surface area contributed by atoms with Crippen molar-refractivity contribution in [3.63, 3.8) is 0 Å². The molecular weight excluding hydrogens is 563 g/mol. The van der Waals surface area contributed by atoms with Gasteiger partial charge in [0.05, 0.1) is 16.5 Å². The molecule has 0 spiro atoms. The minimum absolute atomic E-state index is 0.0619. The van der Waals surface area contributed by atoms with E-state index in [2.05, 4.69) is 0 Å². The lowest BCUT2D eigenvalue weighted by molar-refractivity contribution is 0.0589. The molecule has 1 heterocycles. The van der Waals surface area contributed by atoms with Gasteiger partial charge in [0.25, 0.3) is 5.56 Å². The molecule has 39 heavy (non-hydrogen) atoms. The fourth-order valence-electron chi connectivity index (χ4n) is 3.81. The van der Waals surface area contributed by atoms with Crippen LogP contribution < -0.4 is 10.5 Å². The van der Waals surface area contributed by atoms with Gasteiger partial charge in [-0.3, -0.25) is 14.5 Å². The minimum Gasteiger partial charge on any atom is -0.443 e. The molecule has 1 aromatic heterocycles. The summed E-state index contributed by atoms with van der Waals surface area (Å²) in [5.41, 5.74) is 0.363. The number of nitrogens with zero attached hydrogens (tertiary/aromatic N) is 2. The predicted octanol–water partition coefficient (Wildman–Crippen LogP) is 5.90. The van der Waals surface area contributed by atoms with E-state index in [-0.39, 0.29) is 33.3 Å². The van der Waals surface area contributed by atoms with Crippen molar-refractivity contribution in [3.8, 4) is 11.1 Å². The Kier molecular flexibility index (Phi) is 8.99. The van der Waals surface area contributed by atoms with Gasteiger partial charge in [-0.2, -0.15) is 0 Å². The van der Waals surface area contributed by atoms with Gasteiger partial charge in [0.1, 0.15) is 5.60 Å². The fourth-order valence-corrected chi connectivity index (χ4v) is 5.08. The van der Waals surface area contributed by atoms with E-state index in [1.807, 2.05) is 0 Å². The third-order valence-electron chi connectivity index (χ3n) is 5.85. The number of amides is 1. The zero-order chi connectivity index (χ0) is 29.3. The van der Waals surface area contributed by atoms with Gasteiger partial charge in [0, 0.05) is 53.8 Å². The van der Waals surface area contributed by atoms with Gasteiger partial charge < -0.3 is 9.30 Å². The highest BCUT2D eigenvalue weighted by Crippen LogP contribution is 2.36. The monoisotopic (exact) mass is 592 g/mol. The first-order chi connectivity index (χ1) is 18.0. The summed E-state index contributed by atoms with van der Waals surface area (Å²) in [6.07, 6.45) is 0.773. The summed E-state index contributed by atoms with van der Waals surface area (Å²) in [4.78, 5) is 40.6. The number of ketones is 1. The third kappa shape index (κ3) is 7.29. The van der Waals surface area contributed by atoms with Crippen LogP contribution in [0.3, 0.4) is 0 Å². The summed E-state index contributed by atoms with van der Waals surface area (Å²) in [5.74, 6) is -0.790. The molecule has 1 amide bonds. The number of benzene rings is 2. The molecule has 0 N–H and O–H groups in total. The molecule has 0 fully saturated rings. The van der Waals surface area contributed by atoms with Gasteiger partial charge >= 0.3 is 6.09 Å². The molecule has 0 bridgehead atoms. The zero-order valence-corrected chi connectivity index (χ0v) is 24.9. The number of rotatable bonds is 7. The average Bonchev–Trinajstić information content (AvgIpc) is 2.84. The van der Waals surface area contributed by atoms with Crippen molar-refractivity contribution < 1.29 is 22.7 Å². The molecule has 0 atom stereocenters. The van der Waals surface area contributed by atoms with Gasteiger partial charge in [-0.05, 0) is 56.2 Å². The summed E-state index contributed by atoms with van der Waals surface area (Å²) in [6, 6.07) is 10.4. The second-order valence-corrected chi connectivity index (χ2v) is 13.3. The Balaban J connectivity index is 2.33. The highest BCUT2D eigenvalue weighted by molar-refractivity contribution is 7.90. The maximum absolute atomic E-state index is 13.8. The van der Waals surface area contributed by atoms with Crippen LogP contribution in [0.2, 0.25) is 10.0 Å². The third-order valence-corrected chi connectivity index (χ3v) is 8.07. The van der Waals surface area contributed by atoms with E-state index in [0.717, 1.165) is 0 Å². The van der Waals surface area contributed by atoms with Crippen LogP contribution in [0.5, 0.6) is 0 Å². The van der Waals surface area contributed by atoms with E-state index in [4.69, 9.17) is 27.9 Å². The summed E-state index contributed by atoms with van der Waals surface area (Å²) < 4.78 is 31.6. The van der Waals surface area contributed by atoms with Crippen LogP contribution in [0.4, 0.5) is 10.5 Å². The number of carbonyl (C=O) groups is 2. The Labute approximate surface area is 238 Å². The lowest BCUT2D eigenvalue weighted by Crippen LogP contribution is -2.35. The standard InChI is InChI=1S/C28H30Cl2N2O6S/c1-7-39(36,37)16-17-8-10-19(26(34)21-13-18(29)9-11-23(21)30)20(12-17)22-15-31(5)25(33)14-24(22)32(6)27(35)38-28(2,3)4/h8-15H,7,16H2,1-6H3. The van der Waals surface area contributed by atoms with Gasteiger partial charge in [-0.15, -0.1) is 0 Å². The second kappa shape index (κ2) is 11.5. The van der Waals surface area contributed by atoms with Crippen molar-refractivity contribution in [2.45, 2.75) is 39.0 Å². The number of aromatic nitrogens is 1. The van der Waals surface area contributed by atoms with Crippen LogP contribution in [-0.2, 0) is 27.4 Å². The van der Waals surface area contributed by atoms with E-state index in [1.165, 1.54) is 54.0 Å². The highest BCUT2D eigenvalue weighted by Gasteiger charge is 2.26. The van der Waals surface area contributed by atoms with Crippen molar-refractivity contribution in [1.29, 1.82) is 0 Å². The van der Waals surface area contributed by atoms with Crippen LogP contribution in [-0.4, -0.2) is 43.3 Å². The number of ether oxygens (including phenoxy) is 1. The van der Waals surface area contributed by atoms with Crippen LogP contribution in [0.25, 0.3) is 11.1 Å². The second-order valence-electron chi connectivity index (χ2n) is 10.1.